The van der Waals surface area contributed by atoms with Gasteiger partial charge in [-0.2, -0.15) is 0 Å². The van der Waals surface area contributed by atoms with Crippen LogP contribution in [0.4, 0.5) is 0 Å². The Morgan fingerprint density at radius 2 is 1.96 bits per heavy atom. The molecule has 120 valence electrons. The molecular weight excluding hydrogens is 398 g/mol. The molecule has 24 heavy (non-hydrogen) atoms. The summed E-state index contributed by atoms with van der Waals surface area (Å²) in [4.78, 5) is 16.3. The molecule has 2 aromatic rings. The summed E-state index contributed by atoms with van der Waals surface area (Å²) in [5.41, 5.74) is 1.48. The van der Waals surface area contributed by atoms with E-state index in [-0.39, 0.29) is 18.4 Å². The average Bonchev–Trinajstić information content (AvgIpc) is 3.14. The van der Waals surface area contributed by atoms with Gasteiger partial charge in [0, 0.05) is 16.1 Å². The molecule has 0 radical (unpaired) electrons. The van der Waals surface area contributed by atoms with Crippen molar-refractivity contribution in [2.45, 2.75) is 0 Å². The number of carbonyl (C=O) groups excluding carboxylic acids is 1. The predicted molar refractivity (Wildman–Crippen MR) is 92.3 cm³/mol. The molecule has 0 N–H and O–H groups in total. The summed E-state index contributed by atoms with van der Waals surface area (Å²) in [6.45, 7) is 0.152. The van der Waals surface area contributed by atoms with Crippen molar-refractivity contribution in [2.75, 3.05) is 6.79 Å². The maximum absolute atomic E-state index is 12.1. The highest BCUT2D eigenvalue weighted by molar-refractivity contribution is 9.10. The van der Waals surface area contributed by atoms with E-state index in [4.69, 9.17) is 25.8 Å². The Morgan fingerprint density at radius 1 is 1.17 bits per heavy atom. The van der Waals surface area contributed by atoms with Crippen LogP contribution in [-0.4, -0.2) is 18.7 Å². The van der Waals surface area contributed by atoms with Gasteiger partial charge in [-0.1, -0.05) is 33.6 Å². The smallest absolute Gasteiger partial charge is 0.363 e. The van der Waals surface area contributed by atoms with E-state index in [1.807, 2.05) is 24.3 Å². The van der Waals surface area contributed by atoms with Crippen molar-refractivity contribution < 1.29 is 19.0 Å². The molecule has 0 saturated heterocycles. The van der Waals surface area contributed by atoms with Crippen LogP contribution in [0, 0.1) is 0 Å². The zero-order valence-electron chi connectivity index (χ0n) is 12.1. The third-order valence-corrected chi connectivity index (χ3v) is 4.30. The Hall–Kier alpha value is -2.31. The van der Waals surface area contributed by atoms with Gasteiger partial charge in [0.25, 0.3) is 0 Å². The molecule has 2 aromatic carbocycles. The number of cyclic esters (lactones) is 1. The highest BCUT2D eigenvalue weighted by atomic mass is 79.9. The Balaban J connectivity index is 1.71. The first-order valence-corrected chi connectivity index (χ1v) is 8.15. The second-order valence-electron chi connectivity index (χ2n) is 5.07. The van der Waals surface area contributed by atoms with Gasteiger partial charge >= 0.3 is 5.97 Å². The van der Waals surface area contributed by atoms with E-state index >= 15 is 0 Å². The number of halogens is 2. The number of fused-ring (bicyclic) bond motifs is 1. The predicted octanol–water partition coefficient (Wildman–Crippen LogP) is 4.18. The monoisotopic (exact) mass is 405 g/mol. The third kappa shape index (κ3) is 2.79. The molecule has 7 heteroatoms. The number of nitrogens with zero attached hydrogens (tertiary/aromatic N) is 1. The number of benzene rings is 2. The van der Waals surface area contributed by atoms with Crippen molar-refractivity contribution in [2.24, 2.45) is 4.99 Å². The van der Waals surface area contributed by atoms with E-state index in [1.165, 1.54) is 0 Å². The van der Waals surface area contributed by atoms with Crippen LogP contribution >= 0.6 is 27.5 Å². The maximum atomic E-state index is 12.1. The Labute approximate surface area is 150 Å². The molecule has 2 aliphatic heterocycles. The van der Waals surface area contributed by atoms with Gasteiger partial charge in [-0.05, 0) is 35.9 Å². The molecule has 0 saturated carbocycles. The van der Waals surface area contributed by atoms with E-state index in [0.717, 1.165) is 4.47 Å². The standard InChI is InChI=1S/C17H9BrClNO4/c18-11-3-1-2-9(4-11)16-20-13(17(21)24-16)5-10-6-14-15(7-12(10)19)23-8-22-14/h1-7H,8H2/b13-5+. The molecule has 5 nitrogen and oxygen atoms in total. The fourth-order valence-corrected chi connectivity index (χ4v) is 2.95. The van der Waals surface area contributed by atoms with Crippen molar-refractivity contribution in [3.8, 4) is 11.5 Å². The highest BCUT2D eigenvalue weighted by Gasteiger charge is 2.25. The molecule has 4 rings (SSSR count). The van der Waals surface area contributed by atoms with Crippen molar-refractivity contribution in [1.29, 1.82) is 0 Å². The van der Waals surface area contributed by atoms with E-state index in [1.54, 1.807) is 18.2 Å². The molecule has 0 bridgehead atoms. The van der Waals surface area contributed by atoms with E-state index in [9.17, 15) is 4.79 Å². The number of rotatable bonds is 2. The van der Waals surface area contributed by atoms with Crippen LogP contribution < -0.4 is 9.47 Å². The molecule has 0 aliphatic carbocycles. The van der Waals surface area contributed by atoms with Crippen molar-refractivity contribution in [3.63, 3.8) is 0 Å². The average molecular weight is 407 g/mol. The molecule has 0 unspecified atom stereocenters. The zero-order chi connectivity index (χ0) is 16.7. The van der Waals surface area contributed by atoms with Gasteiger partial charge in [-0.3, -0.25) is 0 Å². The van der Waals surface area contributed by atoms with E-state index in [2.05, 4.69) is 20.9 Å². The van der Waals surface area contributed by atoms with Crippen LogP contribution in [0.1, 0.15) is 11.1 Å². The molecule has 0 fully saturated rings. The molecule has 0 aromatic heterocycles. The lowest BCUT2D eigenvalue weighted by Crippen LogP contribution is -2.05. The van der Waals surface area contributed by atoms with Crippen LogP contribution in [0.5, 0.6) is 11.5 Å². The van der Waals surface area contributed by atoms with Gasteiger partial charge < -0.3 is 14.2 Å². The minimum Gasteiger partial charge on any atom is -0.454 e. The number of hydrogen-bond acceptors (Lipinski definition) is 5. The summed E-state index contributed by atoms with van der Waals surface area (Å²) >= 11 is 9.60. The molecule has 0 spiro atoms. The second-order valence-corrected chi connectivity index (χ2v) is 6.40. The fraction of sp³-hybridized carbons (Fsp3) is 0.0588. The first kappa shape index (κ1) is 15.2. The van der Waals surface area contributed by atoms with Gasteiger partial charge in [0.1, 0.15) is 0 Å². The Kier molecular flexibility index (Phi) is 3.78. The first-order chi connectivity index (χ1) is 11.6. The Morgan fingerprint density at radius 3 is 2.75 bits per heavy atom. The fourth-order valence-electron chi connectivity index (χ4n) is 2.34. The quantitative estimate of drug-likeness (QED) is 0.555. The highest BCUT2D eigenvalue weighted by Crippen LogP contribution is 2.38. The SMILES string of the molecule is O=C1OC(c2cccc(Br)c2)=N/C1=C/c1cc2c(cc1Cl)OCO2. The van der Waals surface area contributed by atoms with Gasteiger partial charge in [0.15, 0.2) is 17.2 Å². The Bertz CT molecular complexity index is 923. The normalized spacial score (nSPS) is 17.2. The summed E-state index contributed by atoms with van der Waals surface area (Å²) in [6, 6.07) is 10.7. The molecule has 0 amide bonds. The minimum atomic E-state index is -0.529. The maximum Gasteiger partial charge on any atom is 0.363 e. The number of aliphatic imine (C=N–C) groups is 1. The third-order valence-electron chi connectivity index (χ3n) is 3.48. The molecular formula is C17H9BrClNO4. The van der Waals surface area contributed by atoms with Gasteiger partial charge in [0.05, 0.1) is 5.02 Å². The van der Waals surface area contributed by atoms with Crippen LogP contribution in [0.2, 0.25) is 5.02 Å². The van der Waals surface area contributed by atoms with Crippen LogP contribution in [0.3, 0.4) is 0 Å². The largest absolute Gasteiger partial charge is 0.454 e. The number of carbonyl (C=O) groups is 1. The lowest BCUT2D eigenvalue weighted by molar-refractivity contribution is -0.129. The van der Waals surface area contributed by atoms with Crippen molar-refractivity contribution in [1.82, 2.24) is 0 Å². The van der Waals surface area contributed by atoms with Crippen molar-refractivity contribution in [3.05, 3.63) is 62.7 Å². The van der Waals surface area contributed by atoms with E-state index < -0.39 is 5.97 Å². The molecule has 2 aliphatic rings. The van der Waals surface area contributed by atoms with Crippen LogP contribution in [0.25, 0.3) is 6.08 Å². The summed E-state index contributed by atoms with van der Waals surface area (Å²) < 4.78 is 16.7. The lowest BCUT2D eigenvalue weighted by atomic mass is 10.1. The topological polar surface area (TPSA) is 57.1 Å². The zero-order valence-corrected chi connectivity index (χ0v) is 14.4. The van der Waals surface area contributed by atoms with Crippen molar-refractivity contribution >= 4 is 45.5 Å². The number of hydrogen-bond donors (Lipinski definition) is 0. The summed E-state index contributed by atoms with van der Waals surface area (Å²) in [7, 11) is 0. The second kappa shape index (κ2) is 5.96. The molecule has 0 atom stereocenters. The first-order valence-electron chi connectivity index (χ1n) is 6.98. The minimum absolute atomic E-state index is 0.152. The van der Waals surface area contributed by atoms with Crippen LogP contribution in [-0.2, 0) is 9.53 Å². The summed E-state index contributed by atoms with van der Waals surface area (Å²) in [5.74, 6) is 0.881. The summed E-state index contributed by atoms with van der Waals surface area (Å²) in [5, 5.41) is 0.436. The van der Waals surface area contributed by atoms with Gasteiger partial charge in [0.2, 0.25) is 12.7 Å². The van der Waals surface area contributed by atoms with Gasteiger partial charge in [-0.15, -0.1) is 0 Å². The number of ether oxygens (including phenoxy) is 3. The van der Waals surface area contributed by atoms with Crippen LogP contribution in [0.15, 0.2) is 51.6 Å². The summed E-state index contributed by atoms with van der Waals surface area (Å²) in [6.07, 6.45) is 1.57. The van der Waals surface area contributed by atoms with Gasteiger partial charge in [-0.25, -0.2) is 9.79 Å². The lowest BCUT2D eigenvalue weighted by Gasteiger charge is -2.01. The number of esters is 1. The van der Waals surface area contributed by atoms with E-state index in [0.29, 0.717) is 27.6 Å². The molecule has 2 heterocycles.